The van der Waals surface area contributed by atoms with Crippen molar-refractivity contribution in [1.29, 1.82) is 0 Å². The van der Waals surface area contributed by atoms with Crippen LogP contribution in [-0.2, 0) is 10.8 Å². The highest BCUT2D eigenvalue weighted by atomic mass is 16.5. The first-order chi connectivity index (χ1) is 29.5. The summed E-state index contributed by atoms with van der Waals surface area (Å²) in [5.74, 6) is 1.78. The van der Waals surface area contributed by atoms with Gasteiger partial charge in [0.15, 0.2) is 0 Å². The van der Waals surface area contributed by atoms with E-state index in [1.165, 1.54) is 66.8 Å². The number of hydrogen-bond donors (Lipinski definition) is 0. The van der Waals surface area contributed by atoms with Crippen molar-refractivity contribution in [2.24, 2.45) is 0 Å². The van der Waals surface area contributed by atoms with Crippen LogP contribution in [0.25, 0.3) is 44.5 Å². The molecule has 1 spiro atoms. The van der Waals surface area contributed by atoms with Crippen molar-refractivity contribution in [3.05, 3.63) is 246 Å². The molecule has 0 bridgehead atoms. The van der Waals surface area contributed by atoms with Gasteiger partial charge in [0.1, 0.15) is 11.5 Å². The van der Waals surface area contributed by atoms with Gasteiger partial charge in [-0.1, -0.05) is 178 Å². The topological polar surface area (TPSA) is 12.5 Å². The third-order valence-electron chi connectivity index (χ3n) is 13.3. The van der Waals surface area contributed by atoms with Crippen molar-refractivity contribution in [1.82, 2.24) is 0 Å². The average molecular weight is 768 g/mol. The summed E-state index contributed by atoms with van der Waals surface area (Å²) in [6.45, 7) is 4.72. The fourth-order valence-electron chi connectivity index (χ4n) is 10.6. The SMILES string of the molecule is CC1(C)c2ccccc2-c2ccc(N(c3ccc(-c4ccccc4)cc3)c3ccc4c(c3)C3(c5ccccc5Oc5ccccc53)c3cccc(-c5ccccc5)c3-4)cc21. The molecule has 60 heavy (non-hydrogen) atoms. The van der Waals surface area contributed by atoms with Gasteiger partial charge in [0.05, 0.1) is 5.41 Å². The van der Waals surface area contributed by atoms with Crippen LogP contribution in [0.15, 0.2) is 212 Å². The number of rotatable bonds is 5. The molecule has 12 rings (SSSR count). The molecule has 2 heteroatoms. The lowest BCUT2D eigenvalue weighted by Gasteiger charge is -2.39. The third-order valence-corrected chi connectivity index (χ3v) is 13.3. The summed E-state index contributed by atoms with van der Waals surface area (Å²) in [7, 11) is 0. The highest BCUT2D eigenvalue weighted by Crippen LogP contribution is 2.64. The minimum atomic E-state index is -0.624. The van der Waals surface area contributed by atoms with Gasteiger partial charge in [0, 0.05) is 33.6 Å². The number of fused-ring (bicyclic) bond motifs is 12. The summed E-state index contributed by atoms with van der Waals surface area (Å²) in [4.78, 5) is 2.46. The number of benzene rings is 9. The lowest BCUT2D eigenvalue weighted by atomic mass is 9.66. The summed E-state index contributed by atoms with van der Waals surface area (Å²) < 4.78 is 6.75. The van der Waals surface area contributed by atoms with Gasteiger partial charge in [0.2, 0.25) is 0 Å². The zero-order valence-corrected chi connectivity index (χ0v) is 33.6. The van der Waals surface area contributed by atoms with E-state index >= 15 is 0 Å². The predicted molar refractivity (Wildman–Crippen MR) is 247 cm³/mol. The van der Waals surface area contributed by atoms with Crippen LogP contribution >= 0.6 is 0 Å². The quantitative estimate of drug-likeness (QED) is 0.173. The van der Waals surface area contributed by atoms with E-state index in [-0.39, 0.29) is 5.41 Å². The standard InChI is InChI=1S/C58H41NO/c1-57(2)48-22-10-9-20-45(48)46-34-32-42(36-52(46)57)59(41-30-28-39(29-31-41)38-16-5-3-6-17-38)43-33-35-47-53(37-43)58(51-25-15-21-44(56(47)51)40-18-7-4-8-19-40)49-23-11-13-26-54(49)60-55-27-14-12-24-50(55)58/h3-37H,1-2H3. The molecule has 0 saturated carbocycles. The molecule has 0 aromatic heterocycles. The van der Waals surface area contributed by atoms with Crippen molar-refractivity contribution in [2.45, 2.75) is 24.7 Å². The van der Waals surface area contributed by atoms with E-state index in [0.717, 1.165) is 39.7 Å². The number of hydrogen-bond acceptors (Lipinski definition) is 2. The molecule has 0 fully saturated rings. The zero-order valence-electron chi connectivity index (χ0n) is 33.6. The molecule has 0 atom stereocenters. The first-order valence-electron chi connectivity index (χ1n) is 20.9. The Bertz CT molecular complexity index is 3100. The number of anilines is 3. The monoisotopic (exact) mass is 767 g/mol. The summed E-state index contributed by atoms with van der Waals surface area (Å²) in [6.07, 6.45) is 0. The summed E-state index contributed by atoms with van der Waals surface area (Å²) >= 11 is 0. The van der Waals surface area contributed by atoms with Gasteiger partial charge >= 0.3 is 0 Å². The van der Waals surface area contributed by atoms with Crippen LogP contribution in [0.5, 0.6) is 11.5 Å². The average Bonchev–Trinajstić information content (AvgIpc) is 3.72. The minimum Gasteiger partial charge on any atom is -0.457 e. The lowest BCUT2D eigenvalue weighted by molar-refractivity contribution is 0.436. The zero-order chi connectivity index (χ0) is 40.0. The summed E-state index contributed by atoms with van der Waals surface area (Å²) in [5.41, 5.74) is 20.1. The van der Waals surface area contributed by atoms with E-state index in [4.69, 9.17) is 4.74 Å². The van der Waals surface area contributed by atoms with Crippen molar-refractivity contribution in [3.8, 4) is 56.0 Å². The minimum absolute atomic E-state index is 0.141. The molecule has 0 saturated heterocycles. The maximum Gasteiger partial charge on any atom is 0.132 e. The molecule has 9 aromatic rings. The fraction of sp³-hybridized carbons (Fsp3) is 0.0690. The first kappa shape index (κ1) is 34.6. The molecule has 3 aliphatic rings. The summed E-state index contributed by atoms with van der Waals surface area (Å²) in [6, 6.07) is 77.9. The van der Waals surface area contributed by atoms with Gasteiger partial charge in [0.25, 0.3) is 0 Å². The number of ether oxygens (including phenoxy) is 1. The second kappa shape index (κ2) is 13.0. The Labute approximate surface area is 351 Å². The van der Waals surface area contributed by atoms with Crippen LogP contribution in [0.3, 0.4) is 0 Å². The molecule has 2 aliphatic carbocycles. The molecule has 9 aromatic carbocycles. The van der Waals surface area contributed by atoms with E-state index in [2.05, 4.69) is 231 Å². The molecule has 0 radical (unpaired) electrons. The molecule has 0 unspecified atom stereocenters. The Morgan fingerprint density at radius 1 is 0.333 bits per heavy atom. The normalized spacial score (nSPS) is 14.2. The Kier molecular flexibility index (Phi) is 7.52. The van der Waals surface area contributed by atoms with Crippen LogP contribution in [0.1, 0.15) is 47.2 Å². The second-order valence-electron chi connectivity index (χ2n) is 16.8. The maximum absolute atomic E-state index is 6.75. The van der Waals surface area contributed by atoms with E-state index < -0.39 is 5.41 Å². The van der Waals surface area contributed by atoms with Crippen LogP contribution in [0, 0.1) is 0 Å². The van der Waals surface area contributed by atoms with Crippen LogP contribution < -0.4 is 9.64 Å². The molecule has 0 amide bonds. The maximum atomic E-state index is 6.75. The molecule has 2 nitrogen and oxygen atoms in total. The Morgan fingerprint density at radius 3 is 1.50 bits per heavy atom. The Hall–Kier alpha value is -7.42. The third kappa shape index (κ3) is 4.88. The van der Waals surface area contributed by atoms with Gasteiger partial charge in [-0.25, -0.2) is 0 Å². The van der Waals surface area contributed by atoms with E-state index in [1.54, 1.807) is 0 Å². The van der Waals surface area contributed by atoms with Crippen molar-refractivity contribution in [3.63, 3.8) is 0 Å². The number of para-hydroxylation sites is 2. The molecule has 1 aliphatic heterocycles. The van der Waals surface area contributed by atoms with Gasteiger partial charge in [-0.05, 0) is 115 Å². The predicted octanol–water partition coefficient (Wildman–Crippen LogP) is 15.3. The highest BCUT2D eigenvalue weighted by molar-refractivity contribution is 5.98. The van der Waals surface area contributed by atoms with E-state index in [9.17, 15) is 0 Å². The fourth-order valence-corrected chi connectivity index (χ4v) is 10.6. The second-order valence-corrected chi connectivity index (χ2v) is 16.8. The summed E-state index contributed by atoms with van der Waals surface area (Å²) in [5, 5.41) is 0. The molecular weight excluding hydrogens is 727 g/mol. The molecule has 284 valence electrons. The van der Waals surface area contributed by atoms with Gasteiger partial charge < -0.3 is 9.64 Å². The molecule has 1 heterocycles. The lowest BCUT2D eigenvalue weighted by Crippen LogP contribution is -2.32. The molecular formula is C58H41NO. The van der Waals surface area contributed by atoms with E-state index in [0.29, 0.717) is 0 Å². The smallest absolute Gasteiger partial charge is 0.132 e. The van der Waals surface area contributed by atoms with Crippen molar-refractivity contribution < 1.29 is 4.74 Å². The Balaban J connectivity index is 1.13. The van der Waals surface area contributed by atoms with Gasteiger partial charge in [-0.15, -0.1) is 0 Å². The van der Waals surface area contributed by atoms with E-state index in [1.807, 2.05) is 0 Å². The van der Waals surface area contributed by atoms with Crippen molar-refractivity contribution >= 4 is 17.1 Å². The van der Waals surface area contributed by atoms with Gasteiger partial charge in [-0.3, -0.25) is 0 Å². The van der Waals surface area contributed by atoms with Crippen LogP contribution in [0.4, 0.5) is 17.1 Å². The molecule has 0 N–H and O–H groups in total. The van der Waals surface area contributed by atoms with Gasteiger partial charge in [-0.2, -0.15) is 0 Å². The van der Waals surface area contributed by atoms with Crippen LogP contribution in [0.2, 0.25) is 0 Å². The first-order valence-corrected chi connectivity index (χ1v) is 20.9. The Morgan fingerprint density at radius 2 is 0.817 bits per heavy atom. The highest BCUT2D eigenvalue weighted by Gasteiger charge is 2.52. The van der Waals surface area contributed by atoms with Crippen molar-refractivity contribution in [2.75, 3.05) is 4.90 Å². The number of nitrogens with zero attached hydrogens (tertiary/aromatic N) is 1. The largest absolute Gasteiger partial charge is 0.457 e. The van der Waals surface area contributed by atoms with Crippen LogP contribution in [-0.4, -0.2) is 0 Å².